The van der Waals surface area contributed by atoms with Crippen molar-refractivity contribution in [2.45, 2.75) is 55.9 Å². The number of β-lactam (4-membered cyclic amide) rings is 1. The number of anilines is 1. The Kier molecular flexibility index (Phi) is 13.5. The summed E-state index contributed by atoms with van der Waals surface area (Å²) in [7, 11) is 0. The number of nitrogens with zero attached hydrogens (tertiary/aromatic N) is 4. The minimum atomic E-state index is -1.42. The fourth-order valence-electron chi connectivity index (χ4n) is 7.62. The van der Waals surface area contributed by atoms with E-state index in [2.05, 4.69) is 25.1 Å². The van der Waals surface area contributed by atoms with E-state index in [0.29, 0.717) is 39.7 Å². The van der Waals surface area contributed by atoms with Crippen LogP contribution in [0.1, 0.15) is 66.9 Å². The lowest BCUT2D eigenvalue weighted by molar-refractivity contribution is -0.154. The molecule has 2 aliphatic heterocycles. The van der Waals surface area contributed by atoms with Crippen molar-refractivity contribution < 1.29 is 38.3 Å². The Balaban J connectivity index is 1.13. The minimum absolute atomic E-state index is 0.00855. The van der Waals surface area contributed by atoms with E-state index in [-0.39, 0.29) is 28.8 Å². The van der Waals surface area contributed by atoms with Gasteiger partial charge in [0.25, 0.3) is 11.8 Å². The molecule has 0 aliphatic carbocycles. The van der Waals surface area contributed by atoms with Crippen molar-refractivity contribution in [1.29, 1.82) is 0 Å². The van der Waals surface area contributed by atoms with E-state index in [1.54, 1.807) is 20.8 Å². The third kappa shape index (κ3) is 9.65. The van der Waals surface area contributed by atoms with Crippen molar-refractivity contribution in [3.05, 3.63) is 197 Å². The van der Waals surface area contributed by atoms with E-state index in [1.165, 1.54) is 16.7 Å². The zero-order valence-corrected chi connectivity index (χ0v) is 37.7. The van der Waals surface area contributed by atoms with Gasteiger partial charge in [0.2, 0.25) is 22.3 Å². The Morgan fingerprint density at radius 1 is 0.803 bits per heavy atom. The minimum Gasteiger partial charge on any atom is -0.448 e. The first-order chi connectivity index (χ1) is 32.0. The maximum absolute atomic E-state index is 14.7. The number of rotatable bonds is 15. The van der Waals surface area contributed by atoms with Crippen LogP contribution in [0, 0.1) is 0 Å². The Hall–Kier alpha value is -7.43. The van der Waals surface area contributed by atoms with Crippen molar-refractivity contribution in [2.75, 3.05) is 11.1 Å². The average Bonchev–Trinajstić information content (AvgIpc) is 3.79. The van der Waals surface area contributed by atoms with Crippen LogP contribution in [-0.4, -0.2) is 72.9 Å². The molecule has 0 spiro atoms. The number of hydrogen-bond acceptors (Lipinski definition) is 13. The topological polar surface area (TPSA) is 178 Å². The van der Waals surface area contributed by atoms with Crippen molar-refractivity contribution in [3.63, 3.8) is 0 Å². The molecule has 16 heteroatoms. The van der Waals surface area contributed by atoms with Crippen LogP contribution in [-0.2, 0) is 39.1 Å². The predicted molar refractivity (Wildman–Crippen MR) is 250 cm³/mol. The van der Waals surface area contributed by atoms with Crippen LogP contribution in [0.2, 0.25) is 0 Å². The van der Waals surface area contributed by atoms with Gasteiger partial charge >= 0.3 is 12.1 Å². The molecule has 2 N–H and O–H groups in total. The summed E-state index contributed by atoms with van der Waals surface area (Å²) in [5.74, 6) is -2.29. The molecule has 0 saturated carbocycles. The van der Waals surface area contributed by atoms with E-state index in [4.69, 9.17) is 14.3 Å². The van der Waals surface area contributed by atoms with Gasteiger partial charge in [0.15, 0.2) is 6.10 Å². The smallest absolute Gasteiger partial charge is 0.414 e. The number of benzene rings is 5. The highest BCUT2D eigenvalue weighted by atomic mass is 32.2. The summed E-state index contributed by atoms with van der Waals surface area (Å²) in [6.07, 6.45) is -1.04. The van der Waals surface area contributed by atoms with Gasteiger partial charge in [-0.2, -0.15) is 9.36 Å². The number of carbonyl (C=O) groups is 5. The fraction of sp³-hybridized carbons (Fsp3) is 0.200. The van der Waals surface area contributed by atoms with Gasteiger partial charge in [0, 0.05) is 40.4 Å². The SMILES string of the molecule is CC(C)(C)OC(=O)Nc1nc(/C(=N/OC(c2ccccc2)(c2ccccc2)c2ccccc2)C(=O)N[C@@H]2C(=O)N3C(C(=O)OC(c4ccccc4)c4ccccc4)=C(CC=O)CS[C@H]23)ns1. The molecule has 0 bridgehead atoms. The number of carbonyl (C=O) groups excluding carboxylic acids is 5. The monoisotopic (exact) mass is 920 g/mol. The number of oxime groups is 1. The van der Waals surface area contributed by atoms with E-state index in [9.17, 15) is 24.0 Å². The second-order valence-corrected chi connectivity index (χ2v) is 18.0. The molecule has 334 valence electrons. The highest BCUT2D eigenvalue weighted by molar-refractivity contribution is 8.00. The molecule has 1 saturated heterocycles. The molecule has 6 aromatic rings. The van der Waals surface area contributed by atoms with Crippen LogP contribution in [0.4, 0.5) is 9.93 Å². The normalized spacial score (nSPS) is 16.2. The molecule has 0 radical (unpaired) electrons. The fourth-order valence-corrected chi connectivity index (χ4v) is 9.54. The quantitative estimate of drug-likeness (QED) is 0.0254. The summed E-state index contributed by atoms with van der Waals surface area (Å²) in [5, 5.41) is 9.15. The van der Waals surface area contributed by atoms with Gasteiger partial charge in [-0.3, -0.25) is 19.8 Å². The lowest BCUT2D eigenvalue weighted by Gasteiger charge is -2.49. The van der Waals surface area contributed by atoms with Crippen molar-refractivity contribution in [3.8, 4) is 0 Å². The summed E-state index contributed by atoms with van der Waals surface area (Å²) < 4.78 is 16.0. The van der Waals surface area contributed by atoms with E-state index in [1.807, 2.05) is 152 Å². The maximum atomic E-state index is 14.7. The standard InChI is InChI=1S/C50H44N6O8S2/c1-49(2,3)63-48(61)53-47-52-42(55-66-47)38(54-64-50(35-23-13-6-14-24-35,36-25-15-7-16-26-36)37-27-17-8-18-28-37)43(58)51-39-44(59)56-40(34(29-30-57)31-65-45(39)56)46(60)62-41(32-19-9-4-10-20-32)33-21-11-5-12-22-33/h4-28,30,39,41,45H,29,31H2,1-3H3,(H,51,58)(H,52,53,55,61)/b54-38-/t39-,45-/m1/s1. The van der Waals surface area contributed by atoms with Crippen molar-refractivity contribution in [2.24, 2.45) is 5.16 Å². The van der Waals surface area contributed by atoms with Crippen LogP contribution in [0.25, 0.3) is 0 Å². The van der Waals surface area contributed by atoms with Gasteiger partial charge in [0.05, 0.1) is 0 Å². The molecular formula is C50H44N6O8S2. The molecule has 3 heterocycles. The van der Waals surface area contributed by atoms with Crippen LogP contribution in [0.5, 0.6) is 0 Å². The van der Waals surface area contributed by atoms with Gasteiger partial charge in [-0.25, -0.2) is 9.59 Å². The molecule has 8 rings (SSSR count). The number of ether oxygens (including phenoxy) is 2. The number of esters is 1. The number of aromatic nitrogens is 2. The van der Waals surface area contributed by atoms with Crippen molar-refractivity contribution >= 4 is 64.3 Å². The molecular weight excluding hydrogens is 877 g/mol. The molecule has 2 aliphatic rings. The average molecular weight is 921 g/mol. The largest absolute Gasteiger partial charge is 0.448 e. The van der Waals surface area contributed by atoms with Gasteiger partial charge in [-0.15, -0.1) is 11.8 Å². The number of fused-ring (bicyclic) bond motifs is 1. The number of hydrogen-bond donors (Lipinski definition) is 2. The Bertz CT molecular complexity index is 2630. The van der Waals surface area contributed by atoms with Gasteiger partial charge in [-0.1, -0.05) is 157 Å². The molecule has 1 aromatic heterocycles. The van der Waals surface area contributed by atoms with E-state index in [0.717, 1.165) is 11.5 Å². The molecule has 5 aromatic carbocycles. The third-order valence-electron chi connectivity index (χ3n) is 10.6. The van der Waals surface area contributed by atoms with Crippen LogP contribution >= 0.6 is 23.3 Å². The van der Waals surface area contributed by atoms with Crippen LogP contribution < -0.4 is 10.6 Å². The first-order valence-electron chi connectivity index (χ1n) is 21.0. The Morgan fingerprint density at radius 3 is 1.82 bits per heavy atom. The first-order valence-corrected chi connectivity index (χ1v) is 22.8. The van der Waals surface area contributed by atoms with Gasteiger partial charge in [-0.05, 0) is 37.5 Å². The number of thioether (sulfide) groups is 1. The lowest BCUT2D eigenvalue weighted by Crippen LogP contribution is -2.71. The third-order valence-corrected chi connectivity index (χ3v) is 12.5. The Morgan fingerprint density at radius 2 is 1.32 bits per heavy atom. The van der Waals surface area contributed by atoms with Gasteiger partial charge < -0.3 is 24.4 Å². The van der Waals surface area contributed by atoms with Crippen LogP contribution in [0.15, 0.2) is 168 Å². The Labute approximate surface area is 389 Å². The second kappa shape index (κ2) is 19.8. The zero-order chi connectivity index (χ0) is 46.3. The van der Waals surface area contributed by atoms with Crippen molar-refractivity contribution in [1.82, 2.24) is 19.6 Å². The highest BCUT2D eigenvalue weighted by Crippen LogP contribution is 2.43. The molecule has 1 fully saturated rings. The molecule has 0 unspecified atom stereocenters. The van der Waals surface area contributed by atoms with E-state index >= 15 is 0 Å². The molecule has 2 atom stereocenters. The molecule has 3 amide bonds. The number of aldehydes is 1. The number of nitrogens with one attached hydrogen (secondary N) is 2. The molecule has 66 heavy (non-hydrogen) atoms. The number of amides is 3. The van der Waals surface area contributed by atoms with E-state index < -0.39 is 58.3 Å². The summed E-state index contributed by atoms with van der Waals surface area (Å²) in [6, 6.07) is 45.4. The first kappa shape index (κ1) is 45.1. The highest BCUT2D eigenvalue weighted by Gasteiger charge is 2.55. The lowest BCUT2D eigenvalue weighted by atomic mass is 9.80. The summed E-state index contributed by atoms with van der Waals surface area (Å²) in [4.78, 5) is 80.4. The van der Waals surface area contributed by atoms with Gasteiger partial charge in [0.1, 0.15) is 29.0 Å². The van der Waals surface area contributed by atoms with Crippen LogP contribution in [0.3, 0.4) is 0 Å². The zero-order valence-electron chi connectivity index (χ0n) is 36.0. The predicted octanol–water partition coefficient (Wildman–Crippen LogP) is 8.17. The molecule has 14 nitrogen and oxygen atoms in total. The second-order valence-electron chi connectivity index (χ2n) is 16.2. The maximum Gasteiger partial charge on any atom is 0.414 e. The summed E-state index contributed by atoms with van der Waals surface area (Å²) in [6.45, 7) is 5.15. The summed E-state index contributed by atoms with van der Waals surface area (Å²) >= 11 is 2.07. The summed E-state index contributed by atoms with van der Waals surface area (Å²) in [5.41, 5.74) is 1.21.